The fraction of sp³-hybridized carbons (Fsp3) is 0.0625. The number of nitrogens with zero attached hydrogens (tertiary/aromatic N) is 4. The van der Waals surface area contributed by atoms with Crippen LogP contribution in [0.25, 0.3) is 5.69 Å². The second-order valence-corrected chi connectivity index (χ2v) is 8.65. The third-order valence-electron chi connectivity index (χ3n) is 3.78. The van der Waals surface area contributed by atoms with Gasteiger partial charge in [-0.3, -0.25) is 9.11 Å². The smallest absolute Gasteiger partial charge is 0.294 e. The van der Waals surface area contributed by atoms with Crippen molar-refractivity contribution in [3.63, 3.8) is 0 Å². The predicted octanol–water partition coefficient (Wildman–Crippen LogP) is 2.80. The lowest BCUT2D eigenvalue weighted by Crippen LogP contribution is -2.00. The lowest BCUT2D eigenvalue weighted by molar-refractivity contribution is 0.434. The van der Waals surface area contributed by atoms with Crippen LogP contribution in [0.4, 0.5) is 11.4 Å². The number of aromatic nitrogens is 2. The molecule has 3 aromatic rings. The molecule has 0 amide bonds. The molecule has 0 unspecified atom stereocenters. The monoisotopic (exact) mass is 438 g/mol. The molecule has 0 bridgehead atoms. The van der Waals surface area contributed by atoms with Crippen LogP contribution < -0.4 is 0 Å². The van der Waals surface area contributed by atoms with Crippen LogP contribution in [0.15, 0.2) is 68.6 Å². The molecule has 11 nitrogen and oxygen atoms in total. The van der Waals surface area contributed by atoms with Crippen molar-refractivity contribution in [1.29, 1.82) is 0 Å². The molecular formula is C16H14N4O7S2. The quantitative estimate of drug-likeness (QED) is 0.403. The van der Waals surface area contributed by atoms with Crippen molar-refractivity contribution in [2.24, 2.45) is 10.2 Å². The SMILES string of the molecule is Cc1nn(-c2ccc(S(=O)(=O)O)cc2)c(O)c1/N=N/c1ccc(S(=O)(=O)O)cc1. The van der Waals surface area contributed by atoms with Gasteiger partial charge in [0.2, 0.25) is 5.88 Å². The maximum absolute atomic E-state index is 11.1. The number of azo groups is 1. The van der Waals surface area contributed by atoms with E-state index in [1.54, 1.807) is 6.92 Å². The summed E-state index contributed by atoms with van der Waals surface area (Å²) in [5.74, 6) is -0.361. The van der Waals surface area contributed by atoms with Gasteiger partial charge >= 0.3 is 0 Å². The summed E-state index contributed by atoms with van der Waals surface area (Å²) in [5, 5.41) is 22.3. The summed E-state index contributed by atoms with van der Waals surface area (Å²) in [6.45, 7) is 1.57. The van der Waals surface area contributed by atoms with Crippen molar-refractivity contribution in [1.82, 2.24) is 9.78 Å². The van der Waals surface area contributed by atoms with E-state index in [1.807, 2.05) is 0 Å². The Hall–Kier alpha value is -3.13. The molecule has 0 aliphatic carbocycles. The van der Waals surface area contributed by atoms with E-state index in [9.17, 15) is 21.9 Å². The van der Waals surface area contributed by atoms with E-state index in [1.165, 1.54) is 24.3 Å². The van der Waals surface area contributed by atoms with E-state index in [-0.39, 0.29) is 27.0 Å². The second kappa shape index (κ2) is 7.36. The number of aromatic hydroxyl groups is 1. The molecule has 0 atom stereocenters. The Labute approximate surface area is 165 Å². The first-order chi connectivity index (χ1) is 13.5. The normalized spacial score (nSPS) is 12.5. The van der Waals surface area contributed by atoms with Crippen molar-refractivity contribution in [2.75, 3.05) is 0 Å². The minimum Gasteiger partial charge on any atom is -0.492 e. The first kappa shape index (κ1) is 20.6. The number of aryl methyl sites for hydroxylation is 1. The minimum absolute atomic E-state index is 0.0442. The molecule has 0 saturated carbocycles. The van der Waals surface area contributed by atoms with Crippen molar-refractivity contribution >= 4 is 31.6 Å². The lowest BCUT2D eigenvalue weighted by Gasteiger charge is -2.03. The predicted molar refractivity (Wildman–Crippen MR) is 100 cm³/mol. The molecular weight excluding hydrogens is 424 g/mol. The summed E-state index contributed by atoms with van der Waals surface area (Å²) in [7, 11) is -8.66. The zero-order chi connectivity index (χ0) is 21.4. The Morgan fingerprint density at radius 1 is 0.828 bits per heavy atom. The van der Waals surface area contributed by atoms with E-state index in [0.717, 1.165) is 28.9 Å². The van der Waals surface area contributed by atoms with Gasteiger partial charge in [-0.25, -0.2) is 0 Å². The van der Waals surface area contributed by atoms with E-state index in [4.69, 9.17) is 9.11 Å². The van der Waals surface area contributed by atoms with Gasteiger partial charge in [0.05, 0.1) is 26.9 Å². The van der Waals surface area contributed by atoms with Crippen LogP contribution in [0.1, 0.15) is 5.69 Å². The van der Waals surface area contributed by atoms with E-state index < -0.39 is 20.2 Å². The molecule has 0 aliphatic rings. The molecule has 0 radical (unpaired) electrons. The van der Waals surface area contributed by atoms with Gasteiger partial charge in [-0.2, -0.15) is 31.7 Å². The minimum atomic E-state index is -4.35. The second-order valence-electron chi connectivity index (χ2n) is 5.81. The third kappa shape index (κ3) is 4.48. The number of hydrogen-bond acceptors (Lipinski definition) is 8. The molecule has 0 fully saturated rings. The van der Waals surface area contributed by atoms with Crippen LogP contribution in [-0.4, -0.2) is 40.8 Å². The maximum Gasteiger partial charge on any atom is 0.294 e. The van der Waals surface area contributed by atoms with Crippen LogP contribution >= 0.6 is 0 Å². The molecule has 29 heavy (non-hydrogen) atoms. The fourth-order valence-corrected chi connectivity index (χ4v) is 3.32. The van der Waals surface area contributed by atoms with Gasteiger partial charge in [-0.15, -0.1) is 5.11 Å². The standard InChI is InChI=1S/C16H14N4O7S2/c1-10-15(18-17-11-2-6-13(7-3-11)28(22,23)24)16(21)20(19-10)12-4-8-14(9-5-12)29(25,26)27/h2-9,21H,1H3,(H,22,23,24)(H,25,26,27)/b18-17+. The lowest BCUT2D eigenvalue weighted by atomic mass is 10.3. The summed E-state index contributed by atoms with van der Waals surface area (Å²) in [6.07, 6.45) is 0. The van der Waals surface area contributed by atoms with Gasteiger partial charge in [0.1, 0.15) is 0 Å². The van der Waals surface area contributed by atoms with E-state index >= 15 is 0 Å². The highest BCUT2D eigenvalue weighted by Gasteiger charge is 2.17. The molecule has 2 aromatic carbocycles. The number of rotatable bonds is 5. The largest absolute Gasteiger partial charge is 0.492 e. The van der Waals surface area contributed by atoms with Gasteiger partial charge in [-0.1, -0.05) is 0 Å². The number of benzene rings is 2. The molecule has 3 rings (SSSR count). The van der Waals surface area contributed by atoms with Gasteiger partial charge in [0.15, 0.2) is 5.69 Å². The van der Waals surface area contributed by atoms with Gasteiger partial charge in [0, 0.05) is 0 Å². The van der Waals surface area contributed by atoms with Crippen molar-refractivity contribution in [3.05, 3.63) is 54.2 Å². The number of hydrogen-bond donors (Lipinski definition) is 3. The summed E-state index contributed by atoms with van der Waals surface area (Å²) in [4.78, 5) is -0.602. The average Bonchev–Trinajstić information content (AvgIpc) is 2.93. The van der Waals surface area contributed by atoms with Crippen molar-refractivity contribution in [2.45, 2.75) is 16.7 Å². The van der Waals surface area contributed by atoms with Crippen LogP contribution in [0, 0.1) is 6.92 Å². The molecule has 152 valence electrons. The molecule has 0 saturated heterocycles. The fourth-order valence-electron chi connectivity index (χ4n) is 2.36. The summed E-state index contributed by atoms with van der Waals surface area (Å²) < 4.78 is 63.4. The molecule has 13 heteroatoms. The summed E-state index contributed by atoms with van der Waals surface area (Å²) >= 11 is 0. The summed E-state index contributed by atoms with van der Waals surface area (Å²) in [6, 6.07) is 9.91. The third-order valence-corrected chi connectivity index (χ3v) is 5.52. The van der Waals surface area contributed by atoms with Gasteiger partial charge < -0.3 is 5.11 Å². The first-order valence-electron chi connectivity index (χ1n) is 7.82. The van der Waals surface area contributed by atoms with Crippen molar-refractivity contribution < 1.29 is 31.0 Å². The van der Waals surface area contributed by atoms with Gasteiger partial charge in [-0.05, 0) is 55.5 Å². The zero-order valence-electron chi connectivity index (χ0n) is 14.7. The van der Waals surface area contributed by atoms with Crippen LogP contribution in [0.2, 0.25) is 0 Å². The Bertz CT molecular complexity index is 1290. The maximum atomic E-state index is 11.1. The van der Waals surface area contributed by atoms with Gasteiger partial charge in [0.25, 0.3) is 20.2 Å². The topological polar surface area (TPSA) is 172 Å². The molecule has 0 spiro atoms. The summed E-state index contributed by atoms with van der Waals surface area (Å²) in [5.41, 5.74) is 0.945. The molecule has 1 aromatic heterocycles. The van der Waals surface area contributed by atoms with Crippen molar-refractivity contribution in [3.8, 4) is 11.6 Å². The Kier molecular flexibility index (Phi) is 5.23. The zero-order valence-corrected chi connectivity index (χ0v) is 16.3. The Morgan fingerprint density at radius 3 is 1.79 bits per heavy atom. The highest BCUT2D eigenvalue weighted by Crippen LogP contribution is 2.34. The highest BCUT2D eigenvalue weighted by atomic mass is 32.2. The first-order valence-corrected chi connectivity index (χ1v) is 10.7. The van der Waals surface area contributed by atoms with Crippen LogP contribution in [-0.2, 0) is 20.2 Å². The van der Waals surface area contributed by atoms with E-state index in [2.05, 4.69) is 15.3 Å². The van der Waals surface area contributed by atoms with Crippen LogP contribution in [0.5, 0.6) is 5.88 Å². The molecule has 1 heterocycles. The Balaban J connectivity index is 1.91. The highest BCUT2D eigenvalue weighted by molar-refractivity contribution is 7.86. The average molecular weight is 438 g/mol. The van der Waals surface area contributed by atoms with E-state index in [0.29, 0.717) is 11.4 Å². The Morgan fingerprint density at radius 2 is 1.31 bits per heavy atom. The molecule has 0 aliphatic heterocycles. The molecule has 3 N–H and O–H groups in total. The van der Waals surface area contributed by atoms with Crippen LogP contribution in [0.3, 0.4) is 0 Å².